The van der Waals surface area contributed by atoms with E-state index in [-0.39, 0.29) is 23.6 Å². The van der Waals surface area contributed by atoms with Gasteiger partial charge in [-0.1, -0.05) is 0 Å². The van der Waals surface area contributed by atoms with Gasteiger partial charge in [0, 0.05) is 49.1 Å². The molecule has 216 valence electrons. The van der Waals surface area contributed by atoms with Gasteiger partial charge in [-0.05, 0) is 43.9 Å². The minimum atomic E-state index is -0.851. The third-order valence-electron chi connectivity index (χ3n) is 9.15. The largest absolute Gasteiger partial charge is 0.461 e. The summed E-state index contributed by atoms with van der Waals surface area (Å²) in [6.45, 7) is 3.58. The Kier molecular flexibility index (Phi) is 6.48. The van der Waals surface area contributed by atoms with Crippen LogP contribution in [0, 0.1) is 11.3 Å². The molecule has 0 unspecified atom stereocenters. The number of aromatic amines is 1. The van der Waals surface area contributed by atoms with Crippen molar-refractivity contribution in [3.05, 3.63) is 34.0 Å². The number of aromatic nitrogens is 5. The first-order valence-corrected chi connectivity index (χ1v) is 14.9. The second-order valence-corrected chi connectivity index (χ2v) is 12.8. The van der Waals surface area contributed by atoms with Crippen LogP contribution in [0.15, 0.2) is 12.3 Å². The van der Waals surface area contributed by atoms with E-state index >= 15 is 0 Å². The zero-order valence-electron chi connectivity index (χ0n) is 22.7. The summed E-state index contributed by atoms with van der Waals surface area (Å²) in [6, 6.07) is 4.37. The number of ether oxygens (including phenoxy) is 1. The van der Waals surface area contributed by atoms with Gasteiger partial charge in [0.15, 0.2) is 0 Å². The minimum absolute atomic E-state index is 0.0899. The Balaban J connectivity index is 1.18. The molecule has 0 bridgehead atoms. The van der Waals surface area contributed by atoms with Crippen molar-refractivity contribution in [3.8, 4) is 12.1 Å². The number of hydrogen-bond donors (Lipinski definition) is 3. The number of hydrogen-bond acceptors (Lipinski definition) is 12. The molecule has 0 radical (unpaired) electrons. The number of nitrogens with two attached hydrogens (primary N) is 1. The molecule has 12 nitrogen and oxygen atoms in total. The Morgan fingerprint density at radius 3 is 2.98 bits per heavy atom. The van der Waals surface area contributed by atoms with Gasteiger partial charge in [0.1, 0.15) is 23.8 Å². The fourth-order valence-corrected chi connectivity index (χ4v) is 8.38. The van der Waals surface area contributed by atoms with Gasteiger partial charge >= 0.3 is 6.01 Å². The molecule has 0 amide bonds. The standard InChI is InChI=1S/C27H33FN10O2S/c28-17-10-27(4-1-7-38(27)12-17)16-40-25-33-23(36(8-9-39)13-18-3-6-31-35-18)32-24(34-25)37-14-26(15-37)5-2-20-21(26)19(11-29)22(30)41-20/h3,6,17,39H,1-2,4-5,7-10,12-16,30H2,(H,31,35)/t17-,27+/m1/s1. The Morgan fingerprint density at radius 2 is 2.20 bits per heavy atom. The Hall–Kier alpha value is -3.54. The first kappa shape index (κ1) is 26.4. The van der Waals surface area contributed by atoms with Crippen LogP contribution in [0.1, 0.15) is 47.4 Å². The number of anilines is 3. The number of thiophene rings is 1. The molecule has 1 aliphatic carbocycles. The minimum Gasteiger partial charge on any atom is -0.461 e. The molecular formula is C27H33FN10O2S. The molecule has 2 atom stereocenters. The van der Waals surface area contributed by atoms with Crippen LogP contribution >= 0.6 is 11.3 Å². The quantitative estimate of drug-likeness (QED) is 0.339. The van der Waals surface area contributed by atoms with E-state index in [0.29, 0.717) is 68.2 Å². The summed E-state index contributed by atoms with van der Waals surface area (Å²) in [4.78, 5) is 21.5. The highest BCUT2D eigenvalue weighted by Crippen LogP contribution is 2.52. The molecule has 1 spiro atoms. The van der Waals surface area contributed by atoms with Gasteiger partial charge < -0.3 is 25.4 Å². The van der Waals surface area contributed by atoms with Gasteiger partial charge in [-0.15, -0.1) is 11.3 Å². The van der Waals surface area contributed by atoms with Crippen molar-refractivity contribution in [1.29, 1.82) is 5.26 Å². The summed E-state index contributed by atoms with van der Waals surface area (Å²) in [5.74, 6) is 0.865. The highest BCUT2D eigenvalue weighted by molar-refractivity contribution is 7.16. The van der Waals surface area contributed by atoms with Crippen molar-refractivity contribution in [1.82, 2.24) is 30.0 Å². The number of nitrogens with one attached hydrogen (secondary N) is 1. The number of rotatable bonds is 9. The van der Waals surface area contributed by atoms with Crippen LogP contribution in [0.5, 0.6) is 6.01 Å². The fourth-order valence-electron chi connectivity index (χ4n) is 7.24. The second-order valence-electron chi connectivity index (χ2n) is 11.7. The number of nitrogens with zero attached hydrogens (tertiary/aromatic N) is 8. The van der Waals surface area contributed by atoms with Gasteiger partial charge in [-0.3, -0.25) is 10.00 Å². The average molecular weight is 581 g/mol. The zero-order valence-corrected chi connectivity index (χ0v) is 23.5. The van der Waals surface area contributed by atoms with Gasteiger partial charge in [0.05, 0.1) is 29.9 Å². The van der Waals surface area contributed by atoms with Gasteiger partial charge in [0.2, 0.25) is 11.9 Å². The van der Waals surface area contributed by atoms with Crippen molar-refractivity contribution in [2.24, 2.45) is 0 Å². The highest BCUT2D eigenvalue weighted by atomic mass is 32.1. The monoisotopic (exact) mass is 580 g/mol. The van der Waals surface area contributed by atoms with Crippen molar-refractivity contribution in [2.45, 2.75) is 55.8 Å². The van der Waals surface area contributed by atoms with Crippen LogP contribution in [0.2, 0.25) is 0 Å². The van der Waals surface area contributed by atoms with E-state index in [1.807, 2.05) is 11.0 Å². The number of aryl methyl sites for hydroxylation is 1. The predicted molar refractivity (Wildman–Crippen MR) is 151 cm³/mol. The molecule has 0 saturated carbocycles. The van der Waals surface area contributed by atoms with E-state index < -0.39 is 6.17 Å². The van der Waals surface area contributed by atoms with Crippen LogP contribution in [-0.4, -0.2) is 92.8 Å². The molecular weight excluding hydrogens is 547 g/mol. The summed E-state index contributed by atoms with van der Waals surface area (Å²) in [7, 11) is 0. The maximum Gasteiger partial charge on any atom is 0.323 e. The van der Waals surface area contributed by atoms with E-state index in [0.717, 1.165) is 43.5 Å². The first-order valence-electron chi connectivity index (χ1n) is 14.1. The normalized spacial score (nSPS) is 24.3. The number of nitrogen functional groups attached to an aromatic ring is 1. The molecule has 3 aromatic heterocycles. The Labute approximate surface area is 241 Å². The van der Waals surface area contributed by atoms with Crippen LogP contribution in [0.3, 0.4) is 0 Å². The number of alkyl halides is 1. The lowest BCUT2D eigenvalue weighted by Gasteiger charge is -2.48. The Morgan fingerprint density at radius 1 is 1.32 bits per heavy atom. The third kappa shape index (κ3) is 4.47. The lowest BCUT2D eigenvalue weighted by molar-refractivity contribution is 0.107. The topological polar surface area (TPSA) is 156 Å². The van der Waals surface area contributed by atoms with Crippen LogP contribution in [-0.2, 0) is 18.4 Å². The molecule has 3 fully saturated rings. The van der Waals surface area contributed by atoms with Gasteiger partial charge in [-0.25, -0.2) is 4.39 Å². The summed E-state index contributed by atoms with van der Waals surface area (Å²) in [5.41, 5.74) is 8.24. The van der Waals surface area contributed by atoms with Crippen LogP contribution in [0.25, 0.3) is 0 Å². The molecule has 4 aliphatic rings. The number of aliphatic hydroxyl groups excluding tert-OH is 1. The predicted octanol–water partition coefficient (Wildman–Crippen LogP) is 1.77. The lowest BCUT2D eigenvalue weighted by atomic mass is 9.74. The van der Waals surface area contributed by atoms with E-state index in [1.165, 1.54) is 16.2 Å². The van der Waals surface area contributed by atoms with E-state index in [9.17, 15) is 14.8 Å². The van der Waals surface area contributed by atoms with Crippen molar-refractivity contribution >= 4 is 28.2 Å². The third-order valence-corrected chi connectivity index (χ3v) is 10.2. The Bertz CT molecular complexity index is 1470. The maximum absolute atomic E-state index is 14.4. The molecule has 0 aromatic carbocycles. The smallest absolute Gasteiger partial charge is 0.323 e. The van der Waals surface area contributed by atoms with E-state index in [2.05, 4.69) is 31.1 Å². The van der Waals surface area contributed by atoms with Crippen LogP contribution < -0.4 is 20.3 Å². The van der Waals surface area contributed by atoms with Crippen molar-refractivity contribution in [2.75, 3.05) is 61.5 Å². The van der Waals surface area contributed by atoms with Crippen LogP contribution in [0.4, 0.5) is 21.3 Å². The number of nitriles is 1. The first-order chi connectivity index (χ1) is 19.9. The summed E-state index contributed by atoms with van der Waals surface area (Å²) >= 11 is 1.52. The summed E-state index contributed by atoms with van der Waals surface area (Å²) in [6.07, 6.45) is 5.06. The summed E-state index contributed by atoms with van der Waals surface area (Å²) in [5, 5.41) is 27.2. The molecule has 6 heterocycles. The average Bonchev–Trinajstić information content (AvgIpc) is 3.74. The number of fused-ring (bicyclic) bond motifs is 3. The molecule has 4 N–H and O–H groups in total. The summed E-state index contributed by atoms with van der Waals surface area (Å²) < 4.78 is 20.6. The fraction of sp³-hybridized carbons (Fsp3) is 0.593. The van der Waals surface area contributed by atoms with Gasteiger partial charge in [-0.2, -0.15) is 25.3 Å². The molecule has 14 heteroatoms. The maximum atomic E-state index is 14.4. The second kappa shape index (κ2) is 10.1. The van der Waals surface area contributed by atoms with E-state index in [1.54, 1.807) is 6.20 Å². The number of H-pyrrole nitrogens is 1. The molecule has 7 rings (SSSR count). The molecule has 41 heavy (non-hydrogen) atoms. The SMILES string of the molecule is N#Cc1c(N)sc2c1C1(CC2)CN(c2nc(OC[C@@]34CCCN3C[C@H](F)C4)nc(N(CCO)Cc3ccn[nH]3)n2)C1. The van der Waals surface area contributed by atoms with Crippen molar-refractivity contribution < 1.29 is 14.2 Å². The zero-order chi connectivity index (χ0) is 28.2. The molecule has 3 aromatic rings. The highest BCUT2D eigenvalue weighted by Gasteiger charge is 2.52. The van der Waals surface area contributed by atoms with Gasteiger partial charge in [0.25, 0.3) is 0 Å². The number of aliphatic hydroxyl groups is 1. The lowest BCUT2D eigenvalue weighted by Crippen LogP contribution is -2.59. The molecule has 3 saturated heterocycles. The van der Waals surface area contributed by atoms with E-state index in [4.69, 9.17) is 20.4 Å². The van der Waals surface area contributed by atoms with Crippen molar-refractivity contribution in [3.63, 3.8) is 0 Å². The molecule has 3 aliphatic heterocycles. The number of halogens is 1.